The van der Waals surface area contributed by atoms with Crippen LogP contribution in [0.25, 0.3) is 12.2 Å². The van der Waals surface area contributed by atoms with Crippen molar-refractivity contribution in [2.75, 3.05) is 0 Å². The second-order valence-electron chi connectivity index (χ2n) is 6.05. The summed E-state index contributed by atoms with van der Waals surface area (Å²) in [6, 6.07) is 14.0. The average molecular weight is 383 g/mol. The van der Waals surface area contributed by atoms with Gasteiger partial charge in [-0.2, -0.15) is 0 Å². The number of rotatable bonds is 5. The topological polar surface area (TPSA) is 67.3 Å². The molecular formula is C21H18FNO3S. The molecule has 0 aliphatic heterocycles. The van der Waals surface area contributed by atoms with E-state index in [4.69, 9.17) is 0 Å². The monoisotopic (exact) mass is 383 g/mol. The average Bonchev–Trinajstić information content (AvgIpc) is 2.68. The highest BCUT2D eigenvalue weighted by Gasteiger charge is 2.23. The fraction of sp³-hybridized carbons (Fsp3) is 0.0952. The van der Waals surface area contributed by atoms with Gasteiger partial charge in [-0.15, -0.1) is 0 Å². The lowest BCUT2D eigenvalue weighted by molar-refractivity contribution is 0.196. The van der Waals surface area contributed by atoms with Crippen molar-refractivity contribution in [2.45, 2.75) is 22.8 Å². The van der Waals surface area contributed by atoms with Crippen molar-refractivity contribution in [3.8, 4) is 0 Å². The summed E-state index contributed by atoms with van der Waals surface area (Å²) in [7, 11) is -3.79. The normalized spacial score (nSPS) is 13.0. The number of nitrogens with zero attached hydrogens (tertiary/aromatic N) is 1. The van der Waals surface area contributed by atoms with E-state index in [1.165, 1.54) is 49.6 Å². The van der Waals surface area contributed by atoms with Gasteiger partial charge in [-0.1, -0.05) is 36.4 Å². The van der Waals surface area contributed by atoms with E-state index in [1.54, 1.807) is 24.3 Å². The first-order chi connectivity index (χ1) is 12.9. The van der Waals surface area contributed by atoms with Crippen LogP contribution in [0.2, 0.25) is 0 Å². The molecule has 0 fully saturated rings. The maximum Gasteiger partial charge on any atom is 0.208 e. The van der Waals surface area contributed by atoms with E-state index in [0.29, 0.717) is 5.56 Å². The van der Waals surface area contributed by atoms with Crippen molar-refractivity contribution in [1.82, 2.24) is 4.98 Å². The van der Waals surface area contributed by atoms with Crippen LogP contribution in [0.4, 0.5) is 4.39 Å². The van der Waals surface area contributed by atoms with Gasteiger partial charge < -0.3 is 5.11 Å². The van der Waals surface area contributed by atoms with E-state index in [-0.39, 0.29) is 15.6 Å². The summed E-state index contributed by atoms with van der Waals surface area (Å²) >= 11 is 0. The van der Waals surface area contributed by atoms with Gasteiger partial charge in [-0.05, 0) is 48.4 Å². The van der Waals surface area contributed by atoms with E-state index >= 15 is 0 Å². The molecule has 138 valence electrons. The van der Waals surface area contributed by atoms with Crippen LogP contribution >= 0.6 is 0 Å². The van der Waals surface area contributed by atoms with E-state index in [9.17, 15) is 17.9 Å². The van der Waals surface area contributed by atoms with E-state index in [0.717, 1.165) is 11.1 Å². The van der Waals surface area contributed by atoms with Crippen molar-refractivity contribution in [2.24, 2.45) is 0 Å². The first-order valence-corrected chi connectivity index (χ1v) is 9.77. The largest absolute Gasteiger partial charge is 0.389 e. The Morgan fingerprint density at radius 2 is 1.52 bits per heavy atom. The third-order valence-corrected chi connectivity index (χ3v) is 5.90. The Hall–Kier alpha value is -2.83. The Bertz CT molecular complexity index is 1060. The van der Waals surface area contributed by atoms with Crippen LogP contribution in [0.5, 0.6) is 0 Å². The fourth-order valence-electron chi connectivity index (χ4n) is 2.61. The van der Waals surface area contributed by atoms with Crippen molar-refractivity contribution in [3.05, 3.63) is 89.5 Å². The third-order valence-electron chi connectivity index (χ3n) is 4.08. The molecule has 0 radical (unpaired) electrons. The lowest BCUT2D eigenvalue weighted by atomic mass is 10.1. The van der Waals surface area contributed by atoms with Gasteiger partial charge in [0.05, 0.1) is 15.9 Å². The zero-order chi connectivity index (χ0) is 19.4. The molecule has 3 rings (SSSR count). The maximum atomic E-state index is 12.9. The molecule has 1 aromatic heterocycles. The number of hydrogen-bond acceptors (Lipinski definition) is 4. The highest BCUT2D eigenvalue weighted by molar-refractivity contribution is 7.91. The molecule has 0 aliphatic rings. The first-order valence-electron chi connectivity index (χ1n) is 8.29. The number of halogens is 1. The van der Waals surface area contributed by atoms with Gasteiger partial charge in [0.1, 0.15) is 5.82 Å². The van der Waals surface area contributed by atoms with Crippen LogP contribution in [0, 0.1) is 5.82 Å². The van der Waals surface area contributed by atoms with Crippen molar-refractivity contribution in [1.29, 1.82) is 0 Å². The van der Waals surface area contributed by atoms with Gasteiger partial charge in [0, 0.05) is 18.0 Å². The lowest BCUT2D eigenvalue weighted by Gasteiger charge is -2.12. The molecule has 0 amide bonds. The van der Waals surface area contributed by atoms with Gasteiger partial charge in [0.15, 0.2) is 0 Å². The fourth-order valence-corrected chi connectivity index (χ4v) is 4.11. The molecule has 0 saturated heterocycles. The van der Waals surface area contributed by atoms with Gasteiger partial charge in [-0.3, -0.25) is 4.98 Å². The molecule has 1 unspecified atom stereocenters. The minimum absolute atomic E-state index is 0.00500. The van der Waals surface area contributed by atoms with Crippen molar-refractivity contribution in [3.63, 3.8) is 0 Å². The second kappa shape index (κ2) is 7.82. The molecule has 4 nitrogen and oxygen atoms in total. The van der Waals surface area contributed by atoms with Crippen molar-refractivity contribution >= 4 is 22.0 Å². The minimum atomic E-state index is -3.79. The van der Waals surface area contributed by atoms with Gasteiger partial charge >= 0.3 is 0 Å². The van der Waals surface area contributed by atoms with E-state index in [2.05, 4.69) is 4.98 Å². The number of hydrogen-bond donors (Lipinski definition) is 1. The Morgan fingerprint density at radius 1 is 0.963 bits per heavy atom. The minimum Gasteiger partial charge on any atom is -0.389 e. The number of pyridine rings is 1. The van der Waals surface area contributed by atoms with Crippen LogP contribution in [0.1, 0.15) is 29.7 Å². The smallest absolute Gasteiger partial charge is 0.208 e. The summed E-state index contributed by atoms with van der Waals surface area (Å²) < 4.78 is 38.7. The Balaban J connectivity index is 1.87. The van der Waals surface area contributed by atoms with Crippen LogP contribution in [-0.4, -0.2) is 18.5 Å². The van der Waals surface area contributed by atoms with Crippen molar-refractivity contribution < 1.29 is 17.9 Å². The van der Waals surface area contributed by atoms with Gasteiger partial charge in [-0.25, -0.2) is 12.8 Å². The number of aliphatic hydroxyl groups is 1. The van der Waals surface area contributed by atoms with Crippen LogP contribution < -0.4 is 0 Å². The highest BCUT2D eigenvalue weighted by Crippen LogP contribution is 2.27. The van der Waals surface area contributed by atoms with Gasteiger partial charge in [0.25, 0.3) is 0 Å². The molecular weight excluding hydrogens is 365 g/mol. The molecule has 0 bridgehead atoms. The summed E-state index contributed by atoms with van der Waals surface area (Å²) in [4.78, 5) is 3.99. The predicted octanol–water partition coefficient (Wildman–Crippen LogP) is 4.28. The molecule has 1 atom stereocenters. The predicted molar refractivity (Wildman–Crippen MR) is 102 cm³/mol. The standard InChI is InChI=1S/C21H18FNO3S/c1-15(24)20-12-13-23-14-21(20)27(25,26)19-10-6-17(7-11-19)3-2-16-4-8-18(22)9-5-16/h2-15,24H,1H3/b3-2+. The molecule has 6 heteroatoms. The SMILES string of the molecule is CC(O)c1ccncc1S(=O)(=O)c1ccc(/C=C/c2ccc(F)cc2)cc1. The number of aliphatic hydroxyl groups excluding tert-OH is 1. The Kier molecular flexibility index (Phi) is 5.48. The summed E-state index contributed by atoms with van der Waals surface area (Å²) in [6.07, 6.45) is 5.41. The summed E-state index contributed by atoms with van der Waals surface area (Å²) in [5, 5.41) is 9.83. The zero-order valence-corrected chi connectivity index (χ0v) is 15.4. The summed E-state index contributed by atoms with van der Waals surface area (Å²) in [6.45, 7) is 1.51. The zero-order valence-electron chi connectivity index (χ0n) is 14.6. The van der Waals surface area contributed by atoms with Crippen LogP contribution in [-0.2, 0) is 9.84 Å². The van der Waals surface area contributed by atoms with E-state index in [1.807, 2.05) is 12.2 Å². The molecule has 27 heavy (non-hydrogen) atoms. The Morgan fingerprint density at radius 3 is 2.07 bits per heavy atom. The van der Waals surface area contributed by atoms with Crippen LogP contribution in [0.3, 0.4) is 0 Å². The number of aromatic nitrogens is 1. The molecule has 1 heterocycles. The second-order valence-corrected chi connectivity index (χ2v) is 7.96. The quantitative estimate of drug-likeness (QED) is 0.668. The molecule has 2 aromatic carbocycles. The summed E-state index contributed by atoms with van der Waals surface area (Å²) in [5.41, 5.74) is 1.95. The summed E-state index contributed by atoms with van der Waals surface area (Å²) in [5.74, 6) is -0.298. The lowest BCUT2D eigenvalue weighted by Crippen LogP contribution is -2.08. The molecule has 0 spiro atoms. The molecule has 3 aromatic rings. The maximum absolute atomic E-state index is 12.9. The van der Waals surface area contributed by atoms with Crippen LogP contribution in [0.15, 0.2) is 76.8 Å². The third kappa shape index (κ3) is 4.30. The highest BCUT2D eigenvalue weighted by atomic mass is 32.2. The number of sulfone groups is 1. The Labute approximate surface area is 157 Å². The van der Waals surface area contributed by atoms with Gasteiger partial charge in [0.2, 0.25) is 9.84 Å². The molecule has 0 aliphatic carbocycles. The first kappa shape index (κ1) is 18.9. The van der Waals surface area contributed by atoms with E-state index < -0.39 is 15.9 Å². The molecule has 0 saturated carbocycles. The number of benzene rings is 2. The molecule has 1 N–H and O–H groups in total.